The Hall–Kier alpha value is -4.70. The van der Waals surface area contributed by atoms with E-state index in [0.29, 0.717) is 49.5 Å². The normalized spacial score (nSPS) is 11.4. The number of aromatic nitrogens is 1. The number of nitrogens with zero attached hydrogens (tertiary/aromatic N) is 2. The second kappa shape index (κ2) is 14.4. The molecule has 10 heteroatoms. The lowest BCUT2D eigenvalue weighted by molar-refractivity contribution is -0.138. The Morgan fingerprint density at radius 3 is 2.04 bits per heavy atom. The van der Waals surface area contributed by atoms with Gasteiger partial charge in [0.2, 0.25) is 0 Å². The zero-order chi connectivity index (χ0) is 31.8. The van der Waals surface area contributed by atoms with Gasteiger partial charge in [-0.3, -0.25) is 4.79 Å². The summed E-state index contributed by atoms with van der Waals surface area (Å²) in [4.78, 5) is 17.6. The third kappa shape index (κ3) is 9.15. The molecular formula is C35H30F4N2O3S. The van der Waals surface area contributed by atoms with Gasteiger partial charge in [-0.05, 0) is 71.5 Å². The van der Waals surface area contributed by atoms with Crippen LogP contribution >= 0.6 is 11.3 Å². The van der Waals surface area contributed by atoms with Crippen molar-refractivity contribution in [2.75, 3.05) is 11.4 Å². The lowest BCUT2D eigenvalue weighted by Gasteiger charge is -2.22. The van der Waals surface area contributed by atoms with E-state index in [-0.39, 0.29) is 12.2 Å². The number of carboxylic acid groups (broad SMARTS) is 1. The smallest absolute Gasteiger partial charge is 0.416 e. The standard InChI is InChI=1S/C35H30F4N2O3S/c36-30-14-5-25(6-15-30)19-20-41(34-40-32(23-45-34)28-10-12-29(13-11-28)35(37,38)39)21-26-1-3-27(4-2-26)22-44-31-16-7-24(8-17-31)9-18-33(42)43/h1-8,10-17,23H,9,18-22H2,(H,42,43). The molecule has 0 saturated carbocycles. The van der Waals surface area contributed by atoms with Gasteiger partial charge in [-0.1, -0.05) is 60.7 Å². The number of rotatable bonds is 13. The Kier molecular flexibility index (Phi) is 10.1. The molecule has 5 rings (SSSR count). The van der Waals surface area contributed by atoms with Crippen molar-refractivity contribution in [1.82, 2.24) is 4.98 Å². The largest absolute Gasteiger partial charge is 0.489 e. The van der Waals surface area contributed by atoms with Crippen molar-refractivity contribution < 1.29 is 32.2 Å². The molecule has 0 spiro atoms. The van der Waals surface area contributed by atoms with Crippen molar-refractivity contribution in [3.8, 4) is 17.0 Å². The van der Waals surface area contributed by atoms with E-state index in [1.165, 1.54) is 35.6 Å². The minimum Gasteiger partial charge on any atom is -0.489 e. The molecule has 0 aliphatic carbocycles. The van der Waals surface area contributed by atoms with Crippen LogP contribution in [0.5, 0.6) is 5.75 Å². The Bertz CT molecular complexity index is 1690. The fraction of sp³-hybridized carbons (Fsp3) is 0.200. The number of ether oxygens (including phenoxy) is 1. The first-order chi connectivity index (χ1) is 21.6. The first kappa shape index (κ1) is 31.7. The van der Waals surface area contributed by atoms with Crippen molar-refractivity contribution in [1.29, 1.82) is 0 Å². The number of hydrogen-bond donors (Lipinski definition) is 1. The number of aryl methyl sites for hydroxylation is 1. The predicted octanol–water partition coefficient (Wildman–Crippen LogP) is 8.81. The summed E-state index contributed by atoms with van der Waals surface area (Å²) in [5.41, 5.74) is 4.41. The fourth-order valence-corrected chi connectivity index (χ4v) is 5.52. The Morgan fingerprint density at radius 1 is 0.800 bits per heavy atom. The van der Waals surface area contributed by atoms with Crippen molar-refractivity contribution in [2.45, 2.75) is 38.6 Å². The highest BCUT2D eigenvalue weighted by molar-refractivity contribution is 7.14. The Morgan fingerprint density at radius 2 is 1.40 bits per heavy atom. The molecule has 0 amide bonds. The van der Waals surface area contributed by atoms with Crippen molar-refractivity contribution in [3.05, 3.63) is 136 Å². The lowest BCUT2D eigenvalue weighted by Crippen LogP contribution is -2.25. The van der Waals surface area contributed by atoms with Crippen LogP contribution in [-0.4, -0.2) is 22.6 Å². The summed E-state index contributed by atoms with van der Waals surface area (Å²) >= 11 is 1.42. The highest BCUT2D eigenvalue weighted by Crippen LogP contribution is 2.33. The van der Waals surface area contributed by atoms with E-state index >= 15 is 0 Å². The van der Waals surface area contributed by atoms with Crippen LogP contribution in [-0.2, 0) is 37.0 Å². The summed E-state index contributed by atoms with van der Waals surface area (Å²) in [6, 6.07) is 26.7. The van der Waals surface area contributed by atoms with Gasteiger partial charge in [0, 0.05) is 30.5 Å². The van der Waals surface area contributed by atoms with Gasteiger partial charge in [-0.15, -0.1) is 11.3 Å². The van der Waals surface area contributed by atoms with Crippen LogP contribution in [0, 0.1) is 5.82 Å². The monoisotopic (exact) mass is 634 g/mol. The summed E-state index contributed by atoms with van der Waals surface area (Å²) in [6.07, 6.45) is -3.20. The Labute approximate surface area is 262 Å². The molecule has 0 aliphatic heterocycles. The fourth-order valence-electron chi connectivity index (χ4n) is 4.66. The molecule has 4 aromatic carbocycles. The summed E-state index contributed by atoms with van der Waals surface area (Å²) in [7, 11) is 0. The van der Waals surface area contributed by atoms with E-state index < -0.39 is 17.7 Å². The van der Waals surface area contributed by atoms with Gasteiger partial charge in [0.15, 0.2) is 5.13 Å². The van der Waals surface area contributed by atoms with Gasteiger partial charge in [-0.2, -0.15) is 13.2 Å². The lowest BCUT2D eigenvalue weighted by atomic mass is 10.1. The molecular weight excluding hydrogens is 604 g/mol. The zero-order valence-corrected chi connectivity index (χ0v) is 25.0. The number of hydrogen-bond acceptors (Lipinski definition) is 5. The van der Waals surface area contributed by atoms with Gasteiger partial charge in [0.05, 0.1) is 11.3 Å². The zero-order valence-electron chi connectivity index (χ0n) is 24.1. The van der Waals surface area contributed by atoms with Gasteiger partial charge in [0.25, 0.3) is 0 Å². The minimum atomic E-state index is -4.40. The number of carboxylic acids is 1. The molecule has 5 aromatic rings. The molecule has 0 unspecified atom stereocenters. The third-order valence-corrected chi connectivity index (χ3v) is 8.11. The van der Waals surface area contributed by atoms with Crippen LogP contribution in [0.25, 0.3) is 11.3 Å². The maximum absolute atomic E-state index is 13.4. The van der Waals surface area contributed by atoms with Gasteiger partial charge in [0.1, 0.15) is 18.2 Å². The van der Waals surface area contributed by atoms with E-state index in [1.807, 2.05) is 53.9 Å². The quantitative estimate of drug-likeness (QED) is 0.131. The van der Waals surface area contributed by atoms with E-state index in [4.69, 9.17) is 14.8 Å². The van der Waals surface area contributed by atoms with Crippen LogP contribution in [0.3, 0.4) is 0 Å². The van der Waals surface area contributed by atoms with Gasteiger partial charge < -0.3 is 14.7 Å². The van der Waals surface area contributed by atoms with Crippen LogP contribution < -0.4 is 9.64 Å². The summed E-state index contributed by atoms with van der Waals surface area (Å²) in [6.45, 7) is 1.50. The topological polar surface area (TPSA) is 62.7 Å². The van der Waals surface area contributed by atoms with Crippen LogP contribution in [0.1, 0.15) is 34.2 Å². The highest BCUT2D eigenvalue weighted by atomic mass is 32.1. The molecule has 5 nitrogen and oxygen atoms in total. The minimum absolute atomic E-state index is 0.0824. The number of aliphatic carboxylic acids is 1. The molecule has 0 fully saturated rings. The molecule has 1 heterocycles. The molecule has 0 radical (unpaired) electrons. The molecule has 0 bridgehead atoms. The average Bonchev–Trinajstić information content (AvgIpc) is 3.53. The molecule has 1 aromatic heterocycles. The third-order valence-electron chi connectivity index (χ3n) is 7.21. The van der Waals surface area contributed by atoms with Crippen LogP contribution in [0.2, 0.25) is 0 Å². The second-order valence-electron chi connectivity index (χ2n) is 10.5. The molecule has 1 N–H and O–H groups in total. The van der Waals surface area contributed by atoms with Crippen molar-refractivity contribution >= 4 is 22.4 Å². The Balaban J connectivity index is 1.25. The number of thiazole rings is 1. The maximum Gasteiger partial charge on any atom is 0.416 e. The molecule has 232 valence electrons. The molecule has 0 saturated heterocycles. The molecule has 0 aliphatic rings. The van der Waals surface area contributed by atoms with Gasteiger partial charge in [-0.25, -0.2) is 9.37 Å². The SMILES string of the molecule is O=C(O)CCc1ccc(OCc2ccc(CN(CCc3ccc(F)cc3)c3nc(-c4ccc(C(F)(F)F)cc4)cs3)cc2)cc1. The van der Waals surface area contributed by atoms with E-state index in [9.17, 15) is 22.4 Å². The first-order valence-corrected chi connectivity index (χ1v) is 15.1. The van der Waals surface area contributed by atoms with Crippen molar-refractivity contribution in [3.63, 3.8) is 0 Å². The maximum atomic E-state index is 13.4. The van der Waals surface area contributed by atoms with E-state index in [1.54, 1.807) is 12.1 Å². The van der Waals surface area contributed by atoms with Crippen LogP contribution in [0.4, 0.5) is 22.7 Å². The van der Waals surface area contributed by atoms with E-state index in [0.717, 1.165) is 39.5 Å². The summed E-state index contributed by atoms with van der Waals surface area (Å²) in [5.74, 6) is -0.435. The number of carbonyl (C=O) groups is 1. The summed E-state index contributed by atoms with van der Waals surface area (Å²) in [5, 5.41) is 11.4. The molecule has 45 heavy (non-hydrogen) atoms. The van der Waals surface area contributed by atoms with Crippen molar-refractivity contribution in [2.24, 2.45) is 0 Å². The second-order valence-corrected chi connectivity index (χ2v) is 11.4. The highest BCUT2D eigenvalue weighted by Gasteiger charge is 2.30. The number of alkyl halides is 3. The number of halogens is 4. The molecule has 0 atom stereocenters. The first-order valence-electron chi connectivity index (χ1n) is 14.3. The number of benzene rings is 4. The van der Waals surface area contributed by atoms with E-state index in [2.05, 4.69) is 4.90 Å². The van der Waals surface area contributed by atoms with Gasteiger partial charge >= 0.3 is 12.1 Å². The predicted molar refractivity (Wildman–Crippen MR) is 167 cm³/mol. The number of anilines is 1. The summed E-state index contributed by atoms with van der Waals surface area (Å²) < 4.78 is 58.4. The van der Waals surface area contributed by atoms with Crippen LogP contribution in [0.15, 0.2) is 102 Å². The average molecular weight is 635 g/mol.